The number of hydrogen-bond donors (Lipinski definition) is 1. The van der Waals surface area contributed by atoms with Crippen LogP contribution in [0, 0.1) is 5.92 Å². The van der Waals surface area contributed by atoms with Crippen LogP contribution < -0.4 is 4.90 Å². The van der Waals surface area contributed by atoms with E-state index >= 15 is 0 Å². The van der Waals surface area contributed by atoms with E-state index < -0.39 is 6.04 Å². The SMILES string of the molecule is O=CC1=CC(=O)C2CC1C(C=O)=CN2c1ncnc2nc[nH]c12. The number of aldehydes is 2. The fourth-order valence-electron chi connectivity index (χ4n) is 3.14. The first-order valence-electron chi connectivity index (χ1n) is 7.03. The Hall–Kier alpha value is -3.16. The van der Waals surface area contributed by atoms with Gasteiger partial charge in [0.15, 0.2) is 17.2 Å². The van der Waals surface area contributed by atoms with Crippen LogP contribution in [0.25, 0.3) is 11.2 Å². The molecule has 2 aromatic heterocycles. The maximum Gasteiger partial charge on any atom is 0.182 e. The summed E-state index contributed by atoms with van der Waals surface area (Å²) in [5, 5.41) is 0. The second-order valence-corrected chi connectivity index (χ2v) is 5.42. The molecule has 114 valence electrons. The molecule has 2 aliphatic rings. The number of anilines is 1. The monoisotopic (exact) mass is 309 g/mol. The average molecular weight is 309 g/mol. The number of carbonyl (C=O) groups is 3. The third-order valence-corrected chi connectivity index (χ3v) is 4.24. The Morgan fingerprint density at radius 2 is 2.00 bits per heavy atom. The van der Waals surface area contributed by atoms with Crippen LogP contribution in [0.4, 0.5) is 5.82 Å². The number of fused-ring (bicyclic) bond motifs is 3. The Morgan fingerprint density at radius 1 is 1.17 bits per heavy atom. The van der Waals surface area contributed by atoms with Crippen molar-refractivity contribution in [3.05, 3.63) is 36.1 Å². The fourth-order valence-corrected chi connectivity index (χ4v) is 3.14. The first-order valence-corrected chi connectivity index (χ1v) is 7.03. The van der Waals surface area contributed by atoms with Crippen molar-refractivity contribution in [2.45, 2.75) is 12.5 Å². The van der Waals surface area contributed by atoms with E-state index in [1.807, 2.05) is 0 Å². The first kappa shape index (κ1) is 13.5. The molecule has 0 spiro atoms. The fraction of sp³-hybridized carbons (Fsp3) is 0.200. The minimum absolute atomic E-state index is 0.184. The summed E-state index contributed by atoms with van der Waals surface area (Å²) in [5.41, 5.74) is 1.85. The van der Waals surface area contributed by atoms with Crippen molar-refractivity contribution in [3.63, 3.8) is 0 Å². The summed E-state index contributed by atoms with van der Waals surface area (Å²) in [4.78, 5) is 51.9. The molecule has 1 N–H and O–H groups in total. The molecule has 1 aliphatic carbocycles. The molecule has 2 bridgehead atoms. The van der Waals surface area contributed by atoms with E-state index in [0.717, 1.165) is 0 Å². The van der Waals surface area contributed by atoms with Crippen LogP contribution in [0.15, 0.2) is 36.1 Å². The lowest BCUT2D eigenvalue weighted by molar-refractivity contribution is -0.117. The van der Waals surface area contributed by atoms with E-state index in [1.165, 1.54) is 18.7 Å². The van der Waals surface area contributed by atoms with Gasteiger partial charge >= 0.3 is 0 Å². The summed E-state index contributed by atoms with van der Waals surface area (Å²) in [6, 6.07) is -0.506. The van der Waals surface area contributed by atoms with Gasteiger partial charge in [0.05, 0.1) is 12.4 Å². The second kappa shape index (κ2) is 4.94. The molecule has 3 heterocycles. The number of aromatic nitrogens is 4. The predicted octanol–water partition coefficient (Wildman–Crippen LogP) is 0.339. The summed E-state index contributed by atoms with van der Waals surface area (Å²) in [6.07, 6.45) is 7.49. The van der Waals surface area contributed by atoms with Gasteiger partial charge in [0.2, 0.25) is 0 Å². The average Bonchev–Trinajstić information content (AvgIpc) is 3.06. The first-order chi connectivity index (χ1) is 11.2. The van der Waals surface area contributed by atoms with Gasteiger partial charge in [-0.2, -0.15) is 0 Å². The molecule has 8 heteroatoms. The molecule has 0 fully saturated rings. The maximum absolute atomic E-state index is 12.4. The quantitative estimate of drug-likeness (QED) is 0.814. The molecule has 2 atom stereocenters. The van der Waals surface area contributed by atoms with Crippen molar-refractivity contribution in [1.82, 2.24) is 19.9 Å². The standard InChI is InChI=1S/C15H11N5O3/c21-4-8-1-12(23)11-2-10(8)9(5-22)3-20(11)15-13-14(17-6-16-13)18-7-19-15/h1,3-7,10-11H,2H2,(H,16,17,18,19). The number of nitrogens with zero attached hydrogens (tertiary/aromatic N) is 4. The summed E-state index contributed by atoms with van der Waals surface area (Å²) >= 11 is 0. The number of allylic oxidation sites excluding steroid dienone is 2. The Bertz CT molecular complexity index is 897. The number of carbonyl (C=O) groups excluding carboxylic acids is 3. The van der Waals surface area contributed by atoms with Gasteiger partial charge in [-0.05, 0) is 12.5 Å². The highest BCUT2D eigenvalue weighted by molar-refractivity contribution is 6.05. The van der Waals surface area contributed by atoms with Crippen molar-refractivity contribution >= 4 is 35.3 Å². The van der Waals surface area contributed by atoms with E-state index in [2.05, 4.69) is 19.9 Å². The number of nitrogens with one attached hydrogen (secondary N) is 1. The van der Waals surface area contributed by atoms with Crippen molar-refractivity contribution in [1.29, 1.82) is 0 Å². The van der Waals surface area contributed by atoms with Crippen molar-refractivity contribution < 1.29 is 14.4 Å². The Balaban J connectivity index is 1.89. The van der Waals surface area contributed by atoms with Crippen LogP contribution in [0.5, 0.6) is 0 Å². The van der Waals surface area contributed by atoms with Crippen LogP contribution in [0.3, 0.4) is 0 Å². The number of hydrogen-bond acceptors (Lipinski definition) is 7. The van der Waals surface area contributed by atoms with Crippen molar-refractivity contribution in [2.75, 3.05) is 4.90 Å². The number of rotatable bonds is 3. The third kappa shape index (κ3) is 1.91. The minimum atomic E-state index is -0.506. The zero-order chi connectivity index (χ0) is 16.0. The largest absolute Gasteiger partial charge is 0.340 e. The summed E-state index contributed by atoms with van der Waals surface area (Å²) in [6.45, 7) is 0. The van der Waals surface area contributed by atoms with Crippen LogP contribution in [0.2, 0.25) is 0 Å². The second-order valence-electron chi connectivity index (χ2n) is 5.42. The molecule has 0 radical (unpaired) electrons. The van der Waals surface area contributed by atoms with Crippen molar-refractivity contribution in [3.8, 4) is 0 Å². The molecule has 2 unspecified atom stereocenters. The normalized spacial score (nSPS) is 23.5. The Labute approximate surface area is 129 Å². The van der Waals surface area contributed by atoms with Gasteiger partial charge < -0.3 is 9.88 Å². The highest BCUT2D eigenvalue weighted by Gasteiger charge is 2.40. The molecule has 23 heavy (non-hydrogen) atoms. The van der Waals surface area contributed by atoms with Crippen LogP contribution >= 0.6 is 0 Å². The minimum Gasteiger partial charge on any atom is -0.340 e. The van der Waals surface area contributed by atoms with Gasteiger partial charge in [0.1, 0.15) is 24.4 Å². The molecular weight excluding hydrogens is 298 g/mol. The van der Waals surface area contributed by atoms with Gasteiger partial charge in [-0.3, -0.25) is 14.4 Å². The van der Waals surface area contributed by atoms with E-state index in [1.54, 1.807) is 11.1 Å². The van der Waals surface area contributed by atoms with E-state index in [-0.39, 0.29) is 11.7 Å². The molecule has 2 aromatic rings. The molecular formula is C15H11N5O3. The number of imidazole rings is 1. The molecule has 8 nitrogen and oxygen atoms in total. The highest BCUT2D eigenvalue weighted by atomic mass is 16.1. The van der Waals surface area contributed by atoms with Gasteiger partial charge in [-0.15, -0.1) is 0 Å². The molecule has 1 aliphatic heterocycles. The van der Waals surface area contributed by atoms with E-state index in [9.17, 15) is 14.4 Å². The number of ketones is 1. The van der Waals surface area contributed by atoms with Crippen LogP contribution in [0.1, 0.15) is 6.42 Å². The summed E-state index contributed by atoms with van der Waals surface area (Å²) in [5.74, 6) is -0.0505. The Kier molecular flexibility index (Phi) is 2.90. The van der Waals surface area contributed by atoms with Gasteiger partial charge in [0.25, 0.3) is 0 Å². The number of H-pyrrole nitrogens is 1. The molecule has 0 saturated heterocycles. The van der Waals surface area contributed by atoms with Crippen molar-refractivity contribution in [2.24, 2.45) is 5.92 Å². The molecule has 4 rings (SSSR count). The van der Waals surface area contributed by atoms with Crippen LogP contribution in [-0.4, -0.2) is 44.3 Å². The maximum atomic E-state index is 12.4. The smallest absolute Gasteiger partial charge is 0.182 e. The van der Waals surface area contributed by atoms with Crippen LogP contribution in [-0.2, 0) is 14.4 Å². The lowest BCUT2D eigenvalue weighted by Crippen LogP contribution is -2.46. The highest BCUT2D eigenvalue weighted by Crippen LogP contribution is 2.37. The van der Waals surface area contributed by atoms with E-state index in [4.69, 9.17) is 0 Å². The van der Waals surface area contributed by atoms with E-state index in [0.29, 0.717) is 47.1 Å². The van der Waals surface area contributed by atoms with Gasteiger partial charge in [-0.1, -0.05) is 0 Å². The zero-order valence-corrected chi connectivity index (χ0v) is 11.8. The zero-order valence-electron chi connectivity index (χ0n) is 11.8. The number of aromatic amines is 1. The molecule has 0 saturated carbocycles. The summed E-state index contributed by atoms with van der Waals surface area (Å²) < 4.78 is 0. The van der Waals surface area contributed by atoms with Gasteiger partial charge in [0, 0.05) is 23.3 Å². The lowest BCUT2D eigenvalue weighted by atomic mass is 9.77. The topological polar surface area (TPSA) is 109 Å². The lowest BCUT2D eigenvalue weighted by Gasteiger charge is -2.38. The van der Waals surface area contributed by atoms with Gasteiger partial charge in [-0.25, -0.2) is 15.0 Å². The third-order valence-electron chi connectivity index (χ3n) is 4.24. The Morgan fingerprint density at radius 3 is 2.78 bits per heavy atom. The molecule has 0 amide bonds. The summed E-state index contributed by atoms with van der Waals surface area (Å²) in [7, 11) is 0. The molecule has 0 aromatic carbocycles. The predicted molar refractivity (Wildman–Crippen MR) is 79.4 cm³/mol.